The zero-order valence-electron chi connectivity index (χ0n) is 32.9. The summed E-state index contributed by atoms with van der Waals surface area (Å²) in [5.74, 6) is 7.59. The molecule has 0 aromatic rings. The third-order valence-corrected chi connectivity index (χ3v) is 14.7. The minimum Gasteiger partial charge on any atom is -0.841 e. The molecular formula is C44H74N2O6. The molecule has 4 fully saturated rings. The molecule has 4 aliphatic carbocycles. The molecule has 6 N–H and O–H groups in total. The lowest BCUT2D eigenvalue weighted by atomic mass is 9.62. The normalized spacial score (nSPS) is 40.2. The molecule has 1 aliphatic heterocycles. The number of quaternary nitrogens is 1. The Balaban J connectivity index is 1.63. The van der Waals surface area contributed by atoms with Gasteiger partial charge in [-0.2, -0.15) is 0 Å². The van der Waals surface area contributed by atoms with Crippen molar-refractivity contribution in [3.8, 4) is 11.8 Å². The second-order valence-electron chi connectivity index (χ2n) is 18.1. The van der Waals surface area contributed by atoms with E-state index in [0.717, 1.165) is 90.0 Å². The predicted octanol–water partition coefficient (Wildman–Crippen LogP) is 4.76. The standard InChI is InChI=1S/C44H73N2O6/c1-4-6-8-14-35-36(33(27-47)11-5-2)23-29(21-28-19-20-46-41(45)24-28)22-32-15-17-34(30-12-9-7-10-13-30)37-26-39(49)40(52-3)25-31(37)16-18-38(48)43(50)44(51)42(32)35/h28-37,39-43,46-47,49H,4-14,16,18-27,45H2,1-3H3/q-1/p+1/t28?,29-,31?,32-,33-,34-,35-,36-,37?,39?,40?,41?,42+,43+/m0/s1. The van der Waals surface area contributed by atoms with Crippen molar-refractivity contribution >= 4 is 11.6 Å². The fourth-order valence-electron chi connectivity index (χ4n) is 12.0. The number of fused-ring (bicyclic) bond motifs is 2. The molecule has 0 amide bonds. The van der Waals surface area contributed by atoms with Crippen LogP contribution < -0.4 is 16.2 Å². The number of ether oxygens (including phenoxy) is 1. The summed E-state index contributed by atoms with van der Waals surface area (Å²) >= 11 is 0. The minimum absolute atomic E-state index is 0.0518. The van der Waals surface area contributed by atoms with E-state index in [-0.39, 0.29) is 66.7 Å². The van der Waals surface area contributed by atoms with Crippen LogP contribution in [0.15, 0.2) is 0 Å². The van der Waals surface area contributed by atoms with E-state index in [2.05, 4.69) is 31.0 Å². The number of hydrogen-bond acceptors (Lipinski definition) is 7. The van der Waals surface area contributed by atoms with Gasteiger partial charge in [0.05, 0.1) is 18.8 Å². The number of aliphatic hydroxyl groups is 2. The number of ketones is 2. The molecule has 52 heavy (non-hydrogen) atoms. The molecule has 0 radical (unpaired) electrons. The van der Waals surface area contributed by atoms with Crippen molar-refractivity contribution in [2.75, 3.05) is 20.3 Å². The zero-order valence-corrected chi connectivity index (χ0v) is 32.9. The van der Waals surface area contributed by atoms with Gasteiger partial charge in [0.15, 0.2) is 0 Å². The summed E-state index contributed by atoms with van der Waals surface area (Å²) in [7, 11) is 1.65. The van der Waals surface area contributed by atoms with E-state index in [9.17, 15) is 24.9 Å². The Morgan fingerprint density at radius 2 is 1.73 bits per heavy atom. The lowest BCUT2D eigenvalue weighted by molar-refractivity contribution is -0.699. The Hall–Kier alpha value is -1.34. The van der Waals surface area contributed by atoms with Gasteiger partial charge in [-0.1, -0.05) is 70.6 Å². The van der Waals surface area contributed by atoms with Crippen molar-refractivity contribution < 1.29 is 35.0 Å². The van der Waals surface area contributed by atoms with Crippen molar-refractivity contribution in [2.45, 2.75) is 167 Å². The van der Waals surface area contributed by atoms with Gasteiger partial charge in [0.25, 0.3) is 0 Å². The molecule has 1 saturated heterocycles. The molecule has 0 spiro atoms. The Labute approximate surface area is 315 Å². The summed E-state index contributed by atoms with van der Waals surface area (Å²) in [6.45, 7) is 5.47. The van der Waals surface area contributed by atoms with Crippen molar-refractivity contribution in [3.63, 3.8) is 0 Å². The molecule has 0 aromatic heterocycles. The van der Waals surface area contributed by atoms with E-state index in [0.29, 0.717) is 37.0 Å². The maximum Gasteiger partial charge on any atom is 0.137 e. The number of rotatable bonds is 12. The van der Waals surface area contributed by atoms with Gasteiger partial charge >= 0.3 is 0 Å². The Bertz CT molecular complexity index is 1180. The SMILES string of the molecule is CCCCC[C@H]1[C@H]([C@H](CO)CCC)C[C@@H](CC2CC[NH2+]C(N)C2)C[C@@H]2C#C[C@@H](C3CCCCC3)C3CC(O)C(OC)CC3CCC(=O)[C@@H]([O-])C(=O)[C@@H]12. The molecule has 5 aliphatic rings. The van der Waals surface area contributed by atoms with Crippen LogP contribution in [0, 0.1) is 76.9 Å². The second-order valence-corrected chi connectivity index (χ2v) is 18.1. The summed E-state index contributed by atoms with van der Waals surface area (Å²) in [4.78, 5) is 28.7. The maximum atomic E-state index is 14.8. The van der Waals surface area contributed by atoms with Gasteiger partial charge in [0.2, 0.25) is 0 Å². The van der Waals surface area contributed by atoms with Crippen LogP contribution in [0.5, 0.6) is 0 Å². The first-order chi connectivity index (χ1) is 25.2. The smallest absolute Gasteiger partial charge is 0.137 e. The first-order valence-corrected chi connectivity index (χ1v) is 21.8. The largest absolute Gasteiger partial charge is 0.841 e. The molecule has 0 bridgehead atoms. The first-order valence-electron chi connectivity index (χ1n) is 21.8. The Kier molecular flexibility index (Phi) is 16.5. The quantitative estimate of drug-likeness (QED) is 0.129. The zero-order chi connectivity index (χ0) is 37.2. The number of hydrogen-bond donors (Lipinski definition) is 4. The van der Waals surface area contributed by atoms with Gasteiger partial charge < -0.3 is 35.0 Å². The van der Waals surface area contributed by atoms with Gasteiger partial charge in [0, 0.05) is 44.3 Å². The van der Waals surface area contributed by atoms with Gasteiger partial charge in [-0.3, -0.25) is 5.73 Å². The van der Waals surface area contributed by atoms with Crippen LogP contribution >= 0.6 is 0 Å². The first kappa shape index (κ1) is 41.8. The third-order valence-electron chi connectivity index (χ3n) is 14.7. The van der Waals surface area contributed by atoms with Gasteiger partial charge in [-0.15, -0.1) is 0 Å². The number of piperidine rings is 1. The topological polar surface area (TPSA) is 150 Å². The highest BCUT2D eigenvalue weighted by molar-refractivity contribution is 6.05. The van der Waals surface area contributed by atoms with Crippen LogP contribution in [-0.4, -0.2) is 66.5 Å². The van der Waals surface area contributed by atoms with Crippen molar-refractivity contribution in [2.24, 2.45) is 70.8 Å². The van der Waals surface area contributed by atoms with E-state index in [4.69, 9.17) is 10.5 Å². The molecule has 296 valence electrons. The molecule has 14 atom stereocenters. The highest BCUT2D eigenvalue weighted by Crippen LogP contribution is 2.50. The fraction of sp³-hybridized carbons (Fsp3) is 0.909. The van der Waals surface area contributed by atoms with Crippen LogP contribution in [0.1, 0.15) is 142 Å². The predicted molar refractivity (Wildman–Crippen MR) is 202 cm³/mol. The summed E-state index contributed by atoms with van der Waals surface area (Å²) < 4.78 is 5.73. The highest BCUT2D eigenvalue weighted by Gasteiger charge is 2.48. The van der Waals surface area contributed by atoms with Crippen molar-refractivity contribution in [1.82, 2.24) is 0 Å². The van der Waals surface area contributed by atoms with Gasteiger partial charge in [-0.05, 0) is 124 Å². The molecule has 1 heterocycles. The van der Waals surface area contributed by atoms with Crippen LogP contribution in [0.3, 0.4) is 0 Å². The van der Waals surface area contributed by atoms with Crippen molar-refractivity contribution in [3.05, 3.63) is 0 Å². The number of Topliss-reactive ketones (excluding diaryl/α,β-unsaturated/α-hetero) is 2. The van der Waals surface area contributed by atoms with Crippen LogP contribution in [0.25, 0.3) is 0 Å². The number of carbonyl (C=O) groups is 2. The minimum atomic E-state index is -1.90. The van der Waals surface area contributed by atoms with Crippen LogP contribution in [0.2, 0.25) is 0 Å². The fourth-order valence-corrected chi connectivity index (χ4v) is 12.0. The summed E-state index contributed by atoms with van der Waals surface area (Å²) in [6.07, 6.45) is 15.6. The van der Waals surface area contributed by atoms with Crippen molar-refractivity contribution in [1.29, 1.82) is 0 Å². The molecule has 6 unspecified atom stereocenters. The van der Waals surface area contributed by atoms with Gasteiger partial charge in [-0.25, -0.2) is 0 Å². The van der Waals surface area contributed by atoms with Crippen LogP contribution in [0.4, 0.5) is 0 Å². The maximum absolute atomic E-state index is 14.8. The molecule has 0 aromatic carbocycles. The lowest BCUT2D eigenvalue weighted by Crippen LogP contribution is -2.94. The van der Waals surface area contributed by atoms with E-state index in [1.54, 1.807) is 7.11 Å². The summed E-state index contributed by atoms with van der Waals surface area (Å²) in [5.41, 5.74) is 6.46. The number of unbranched alkanes of at least 4 members (excludes halogenated alkanes) is 2. The third kappa shape index (κ3) is 10.5. The number of nitrogens with two attached hydrogens (primary N) is 2. The Morgan fingerprint density at radius 1 is 0.942 bits per heavy atom. The molecule has 8 heteroatoms. The molecule has 8 nitrogen and oxygen atoms in total. The molecule has 3 saturated carbocycles. The Morgan fingerprint density at radius 3 is 2.42 bits per heavy atom. The van der Waals surface area contributed by atoms with E-state index < -0.39 is 29.7 Å². The van der Waals surface area contributed by atoms with E-state index in [1.807, 2.05) is 0 Å². The van der Waals surface area contributed by atoms with Gasteiger partial charge in [0.1, 0.15) is 17.7 Å². The van der Waals surface area contributed by atoms with E-state index >= 15 is 0 Å². The average molecular weight is 727 g/mol. The number of methoxy groups -OCH3 is 1. The molecule has 5 rings (SSSR count). The average Bonchev–Trinajstić information content (AvgIpc) is 3.29. The van der Waals surface area contributed by atoms with E-state index in [1.165, 1.54) is 19.3 Å². The summed E-state index contributed by atoms with van der Waals surface area (Å²) in [6, 6.07) is 0. The summed E-state index contributed by atoms with van der Waals surface area (Å²) in [5, 5.41) is 38.6. The number of carbonyl (C=O) groups excluding carboxylic acids is 2. The number of aliphatic hydroxyl groups excluding tert-OH is 2. The molecular weight excluding hydrogens is 652 g/mol. The second kappa shape index (κ2) is 20.5. The highest BCUT2D eigenvalue weighted by atomic mass is 16.5. The van der Waals surface area contributed by atoms with Crippen LogP contribution in [-0.2, 0) is 14.3 Å². The monoisotopic (exact) mass is 727 g/mol. The lowest BCUT2D eigenvalue weighted by Gasteiger charge is -2.44.